The van der Waals surface area contributed by atoms with E-state index in [1.807, 2.05) is 6.20 Å². The van der Waals surface area contributed by atoms with Crippen LogP contribution in [0.4, 0.5) is 5.82 Å². The van der Waals surface area contributed by atoms with Crippen LogP contribution < -0.4 is 10.2 Å². The van der Waals surface area contributed by atoms with Crippen molar-refractivity contribution < 1.29 is 0 Å². The molecule has 3 nitrogen and oxygen atoms in total. The van der Waals surface area contributed by atoms with Crippen LogP contribution in [0.25, 0.3) is 0 Å². The number of hydrogen-bond acceptors (Lipinski definition) is 3. The van der Waals surface area contributed by atoms with Gasteiger partial charge in [0.25, 0.3) is 0 Å². The normalized spacial score (nSPS) is 19.2. The molecular formula is C18H31N3. The fraction of sp³-hybridized carbons (Fsp3) is 0.722. The van der Waals surface area contributed by atoms with E-state index >= 15 is 0 Å². The Labute approximate surface area is 130 Å². The predicted octanol–water partition coefficient (Wildman–Crippen LogP) is 3.59. The van der Waals surface area contributed by atoms with Gasteiger partial charge in [-0.05, 0) is 42.3 Å². The Hall–Kier alpha value is -1.09. The quantitative estimate of drug-likeness (QED) is 0.898. The van der Waals surface area contributed by atoms with Crippen LogP contribution in [0.15, 0.2) is 18.3 Å². The molecule has 0 bridgehead atoms. The summed E-state index contributed by atoms with van der Waals surface area (Å²) in [6, 6.07) is 5.04. The fourth-order valence-electron chi connectivity index (χ4n) is 2.90. The molecule has 1 aromatic heterocycles. The molecule has 3 heteroatoms. The van der Waals surface area contributed by atoms with E-state index in [0.717, 1.165) is 25.5 Å². The minimum Gasteiger partial charge on any atom is -0.355 e. The van der Waals surface area contributed by atoms with Gasteiger partial charge in [0.1, 0.15) is 5.82 Å². The number of hydrogen-bond donors (Lipinski definition) is 1. The van der Waals surface area contributed by atoms with Crippen LogP contribution in [0.3, 0.4) is 0 Å². The second kappa shape index (κ2) is 6.78. The van der Waals surface area contributed by atoms with Crippen LogP contribution in [-0.4, -0.2) is 30.7 Å². The molecule has 21 heavy (non-hydrogen) atoms. The first-order chi connectivity index (χ1) is 9.86. The van der Waals surface area contributed by atoms with E-state index in [0.29, 0.717) is 12.0 Å². The van der Waals surface area contributed by atoms with Crippen molar-refractivity contribution in [1.82, 2.24) is 10.3 Å². The molecule has 1 N–H and O–H groups in total. The van der Waals surface area contributed by atoms with Crippen molar-refractivity contribution in [3.63, 3.8) is 0 Å². The zero-order chi connectivity index (χ0) is 15.5. The number of pyridine rings is 1. The van der Waals surface area contributed by atoms with Gasteiger partial charge in [0.2, 0.25) is 0 Å². The lowest BCUT2D eigenvalue weighted by atomic mass is 9.88. The van der Waals surface area contributed by atoms with E-state index in [4.69, 9.17) is 4.98 Å². The van der Waals surface area contributed by atoms with Gasteiger partial charge < -0.3 is 10.2 Å². The van der Waals surface area contributed by atoms with Crippen molar-refractivity contribution in [2.24, 2.45) is 5.92 Å². The van der Waals surface area contributed by atoms with Crippen LogP contribution in [-0.2, 0) is 5.41 Å². The molecule has 0 aromatic carbocycles. The highest BCUT2D eigenvalue weighted by Crippen LogP contribution is 2.23. The summed E-state index contributed by atoms with van der Waals surface area (Å²) in [5, 5.41) is 3.60. The standard InChI is InChI=1S/C18H31N3/c1-14(2)12-21(13-16-7-6-10-19-16)17-9-8-15(11-20-17)18(3,4)5/h8-9,11,14,16,19H,6-7,10,12-13H2,1-5H3. The molecular weight excluding hydrogens is 258 g/mol. The maximum Gasteiger partial charge on any atom is 0.128 e. The molecule has 0 spiro atoms. The summed E-state index contributed by atoms with van der Waals surface area (Å²) in [4.78, 5) is 7.18. The molecule has 0 amide bonds. The molecule has 0 radical (unpaired) electrons. The number of rotatable bonds is 5. The summed E-state index contributed by atoms with van der Waals surface area (Å²) in [5.74, 6) is 1.76. The van der Waals surface area contributed by atoms with E-state index in [-0.39, 0.29) is 5.41 Å². The molecule has 1 saturated heterocycles. The highest BCUT2D eigenvalue weighted by Gasteiger charge is 2.20. The largest absolute Gasteiger partial charge is 0.355 e. The average Bonchev–Trinajstić information content (AvgIpc) is 2.89. The average molecular weight is 289 g/mol. The van der Waals surface area contributed by atoms with E-state index in [2.05, 4.69) is 57.0 Å². The Kier molecular flexibility index (Phi) is 5.26. The van der Waals surface area contributed by atoms with Gasteiger partial charge >= 0.3 is 0 Å². The van der Waals surface area contributed by atoms with Gasteiger partial charge in [-0.15, -0.1) is 0 Å². The Morgan fingerprint density at radius 1 is 1.33 bits per heavy atom. The molecule has 118 valence electrons. The summed E-state index contributed by atoms with van der Waals surface area (Å²) in [6.45, 7) is 14.6. The van der Waals surface area contributed by atoms with Gasteiger partial charge in [0.05, 0.1) is 0 Å². The maximum absolute atomic E-state index is 4.74. The Bertz CT molecular complexity index is 425. The van der Waals surface area contributed by atoms with Crippen LogP contribution in [0.5, 0.6) is 0 Å². The van der Waals surface area contributed by atoms with E-state index in [1.54, 1.807) is 0 Å². The van der Waals surface area contributed by atoms with Crippen LogP contribution in [0.1, 0.15) is 53.0 Å². The Morgan fingerprint density at radius 2 is 2.10 bits per heavy atom. The number of nitrogens with zero attached hydrogens (tertiary/aromatic N) is 2. The predicted molar refractivity (Wildman–Crippen MR) is 91.0 cm³/mol. The minimum atomic E-state index is 0.168. The third kappa shape index (κ3) is 4.70. The third-order valence-corrected chi connectivity index (χ3v) is 4.13. The molecule has 1 unspecified atom stereocenters. The molecule has 2 heterocycles. The molecule has 0 saturated carbocycles. The summed E-state index contributed by atoms with van der Waals surface area (Å²) < 4.78 is 0. The minimum absolute atomic E-state index is 0.168. The highest BCUT2D eigenvalue weighted by molar-refractivity contribution is 5.41. The van der Waals surface area contributed by atoms with Gasteiger partial charge in [0, 0.05) is 25.3 Å². The van der Waals surface area contributed by atoms with Crippen LogP contribution in [0.2, 0.25) is 0 Å². The zero-order valence-electron chi connectivity index (χ0n) is 14.3. The highest BCUT2D eigenvalue weighted by atomic mass is 15.2. The van der Waals surface area contributed by atoms with Crippen molar-refractivity contribution in [2.75, 3.05) is 24.5 Å². The first-order valence-electron chi connectivity index (χ1n) is 8.31. The topological polar surface area (TPSA) is 28.2 Å². The van der Waals surface area contributed by atoms with Crippen molar-refractivity contribution in [2.45, 2.75) is 58.9 Å². The number of anilines is 1. The van der Waals surface area contributed by atoms with Gasteiger partial charge in [-0.2, -0.15) is 0 Å². The lowest BCUT2D eigenvalue weighted by Gasteiger charge is -2.29. The van der Waals surface area contributed by atoms with E-state index in [1.165, 1.54) is 18.4 Å². The Morgan fingerprint density at radius 3 is 2.57 bits per heavy atom. The third-order valence-electron chi connectivity index (χ3n) is 4.13. The molecule has 1 aliphatic rings. The summed E-state index contributed by atoms with van der Waals surface area (Å²) in [5.41, 5.74) is 1.47. The van der Waals surface area contributed by atoms with Crippen molar-refractivity contribution in [1.29, 1.82) is 0 Å². The summed E-state index contributed by atoms with van der Waals surface area (Å²) in [7, 11) is 0. The lowest BCUT2D eigenvalue weighted by Crippen LogP contribution is -2.39. The van der Waals surface area contributed by atoms with E-state index in [9.17, 15) is 0 Å². The second-order valence-electron chi connectivity index (χ2n) is 7.75. The molecule has 1 fully saturated rings. The van der Waals surface area contributed by atoms with Gasteiger partial charge in [-0.25, -0.2) is 4.98 Å². The van der Waals surface area contributed by atoms with Gasteiger partial charge in [0.15, 0.2) is 0 Å². The molecule has 0 aliphatic carbocycles. The zero-order valence-corrected chi connectivity index (χ0v) is 14.3. The smallest absolute Gasteiger partial charge is 0.128 e. The molecule has 1 aromatic rings. The number of nitrogens with one attached hydrogen (secondary N) is 1. The maximum atomic E-state index is 4.74. The van der Waals surface area contributed by atoms with E-state index < -0.39 is 0 Å². The SMILES string of the molecule is CC(C)CN(CC1CCCN1)c1ccc(C(C)(C)C)cn1. The Balaban J connectivity index is 2.11. The van der Waals surface area contributed by atoms with Crippen LogP contribution in [0, 0.1) is 5.92 Å². The lowest BCUT2D eigenvalue weighted by molar-refractivity contribution is 0.536. The molecule has 1 aliphatic heterocycles. The first kappa shape index (κ1) is 16.3. The molecule has 1 atom stereocenters. The molecule has 2 rings (SSSR count). The first-order valence-corrected chi connectivity index (χ1v) is 8.31. The number of aromatic nitrogens is 1. The second-order valence-corrected chi connectivity index (χ2v) is 7.75. The summed E-state index contributed by atoms with van der Waals surface area (Å²) >= 11 is 0. The monoisotopic (exact) mass is 289 g/mol. The van der Waals surface area contributed by atoms with Gasteiger partial charge in [-0.3, -0.25) is 0 Å². The summed E-state index contributed by atoms with van der Waals surface area (Å²) in [6.07, 6.45) is 4.63. The van der Waals surface area contributed by atoms with Crippen molar-refractivity contribution >= 4 is 5.82 Å². The van der Waals surface area contributed by atoms with Gasteiger partial charge in [-0.1, -0.05) is 40.7 Å². The van der Waals surface area contributed by atoms with Crippen molar-refractivity contribution in [3.05, 3.63) is 23.9 Å². The van der Waals surface area contributed by atoms with Crippen LogP contribution >= 0.6 is 0 Å². The fourth-order valence-corrected chi connectivity index (χ4v) is 2.90. The van der Waals surface area contributed by atoms with Crippen molar-refractivity contribution in [3.8, 4) is 0 Å².